The standard InChI is InChI=1S/C20H29N3O3/c1-15-4-6-17(7-5-15)22-19(24)14-23-10-8-16(9-11-23)20(25)21-13-18-3-2-12-26-18/h4-7,16,18H,2-3,8-14H2,1H3,(H,21,25)(H,22,24). The van der Waals surface area contributed by atoms with Gasteiger partial charge in [0.25, 0.3) is 0 Å². The van der Waals surface area contributed by atoms with E-state index in [9.17, 15) is 9.59 Å². The van der Waals surface area contributed by atoms with Gasteiger partial charge < -0.3 is 15.4 Å². The molecule has 6 nitrogen and oxygen atoms in total. The predicted octanol–water partition coefficient (Wildman–Crippen LogP) is 1.94. The number of carbonyl (C=O) groups is 2. The minimum absolute atomic E-state index is 0.00450. The maximum atomic E-state index is 12.3. The number of rotatable bonds is 6. The summed E-state index contributed by atoms with van der Waals surface area (Å²) in [7, 11) is 0. The number of aryl methyl sites for hydroxylation is 1. The Labute approximate surface area is 155 Å². The first-order valence-electron chi connectivity index (χ1n) is 9.58. The molecule has 1 atom stereocenters. The third-order valence-corrected chi connectivity index (χ3v) is 5.19. The van der Waals surface area contributed by atoms with Gasteiger partial charge in [-0.1, -0.05) is 17.7 Å². The Balaban J connectivity index is 1.35. The fourth-order valence-electron chi connectivity index (χ4n) is 3.56. The molecular weight excluding hydrogens is 330 g/mol. The van der Waals surface area contributed by atoms with Crippen LogP contribution in [0.5, 0.6) is 0 Å². The Hall–Kier alpha value is -1.92. The van der Waals surface area contributed by atoms with Crippen LogP contribution in [0.25, 0.3) is 0 Å². The molecule has 0 saturated carbocycles. The van der Waals surface area contributed by atoms with Crippen molar-refractivity contribution in [3.8, 4) is 0 Å². The zero-order valence-corrected chi connectivity index (χ0v) is 15.5. The van der Waals surface area contributed by atoms with E-state index in [-0.39, 0.29) is 23.8 Å². The van der Waals surface area contributed by atoms with E-state index in [0.29, 0.717) is 13.1 Å². The second kappa shape index (κ2) is 9.14. The van der Waals surface area contributed by atoms with Crippen LogP contribution in [0.3, 0.4) is 0 Å². The molecular formula is C20H29N3O3. The quantitative estimate of drug-likeness (QED) is 0.814. The fraction of sp³-hybridized carbons (Fsp3) is 0.600. The van der Waals surface area contributed by atoms with Gasteiger partial charge in [0.1, 0.15) is 0 Å². The summed E-state index contributed by atoms with van der Waals surface area (Å²) in [5.74, 6) is 0.173. The summed E-state index contributed by atoms with van der Waals surface area (Å²) in [6.45, 7) is 5.38. The molecule has 0 aromatic heterocycles. The summed E-state index contributed by atoms with van der Waals surface area (Å²) in [6, 6.07) is 7.79. The van der Waals surface area contributed by atoms with E-state index in [0.717, 1.165) is 51.1 Å². The second-order valence-corrected chi connectivity index (χ2v) is 7.34. The van der Waals surface area contributed by atoms with Gasteiger partial charge in [0, 0.05) is 24.8 Å². The minimum Gasteiger partial charge on any atom is -0.376 e. The number of amides is 2. The van der Waals surface area contributed by atoms with Gasteiger partial charge in [0.05, 0.1) is 12.6 Å². The highest BCUT2D eigenvalue weighted by atomic mass is 16.5. The summed E-state index contributed by atoms with van der Waals surface area (Å²) >= 11 is 0. The van der Waals surface area contributed by atoms with Crippen molar-refractivity contribution in [2.75, 3.05) is 38.1 Å². The van der Waals surface area contributed by atoms with Gasteiger partial charge in [0.15, 0.2) is 0 Å². The average Bonchev–Trinajstić information content (AvgIpc) is 3.16. The SMILES string of the molecule is Cc1ccc(NC(=O)CN2CCC(C(=O)NCC3CCCO3)CC2)cc1. The summed E-state index contributed by atoms with van der Waals surface area (Å²) in [6.07, 6.45) is 3.91. The van der Waals surface area contributed by atoms with Gasteiger partial charge in [-0.3, -0.25) is 14.5 Å². The summed E-state index contributed by atoms with van der Waals surface area (Å²) in [5, 5.41) is 5.95. The molecule has 2 amide bonds. The number of hydrogen-bond acceptors (Lipinski definition) is 4. The van der Waals surface area contributed by atoms with Gasteiger partial charge in [0.2, 0.25) is 11.8 Å². The Morgan fingerprint density at radius 3 is 2.54 bits per heavy atom. The van der Waals surface area contributed by atoms with Crippen LogP contribution >= 0.6 is 0 Å². The van der Waals surface area contributed by atoms with Crippen LogP contribution in [0.2, 0.25) is 0 Å². The molecule has 1 unspecified atom stereocenters. The van der Waals surface area contributed by atoms with E-state index in [1.165, 1.54) is 5.56 Å². The van der Waals surface area contributed by atoms with Crippen molar-refractivity contribution >= 4 is 17.5 Å². The fourth-order valence-corrected chi connectivity index (χ4v) is 3.56. The van der Waals surface area contributed by atoms with Crippen molar-refractivity contribution in [2.24, 2.45) is 5.92 Å². The van der Waals surface area contributed by atoms with E-state index in [4.69, 9.17) is 4.74 Å². The molecule has 1 aromatic rings. The molecule has 2 aliphatic heterocycles. The molecule has 0 bridgehead atoms. The van der Waals surface area contributed by atoms with Crippen molar-refractivity contribution in [2.45, 2.75) is 38.7 Å². The number of piperidine rings is 1. The predicted molar refractivity (Wildman–Crippen MR) is 101 cm³/mol. The van der Waals surface area contributed by atoms with Gasteiger partial charge >= 0.3 is 0 Å². The Bertz CT molecular complexity index is 603. The number of anilines is 1. The zero-order valence-electron chi connectivity index (χ0n) is 15.5. The third-order valence-electron chi connectivity index (χ3n) is 5.19. The average molecular weight is 359 g/mol. The molecule has 6 heteroatoms. The Morgan fingerprint density at radius 1 is 1.15 bits per heavy atom. The monoisotopic (exact) mass is 359 g/mol. The van der Waals surface area contributed by atoms with E-state index >= 15 is 0 Å². The zero-order chi connectivity index (χ0) is 18.4. The van der Waals surface area contributed by atoms with Crippen LogP contribution in [-0.2, 0) is 14.3 Å². The first kappa shape index (κ1) is 18.9. The molecule has 2 fully saturated rings. The molecule has 2 aliphatic rings. The number of nitrogens with one attached hydrogen (secondary N) is 2. The highest BCUT2D eigenvalue weighted by Gasteiger charge is 2.26. The van der Waals surface area contributed by atoms with Crippen LogP contribution in [0.1, 0.15) is 31.2 Å². The number of benzene rings is 1. The molecule has 142 valence electrons. The lowest BCUT2D eigenvalue weighted by atomic mass is 9.96. The number of nitrogens with zero attached hydrogens (tertiary/aromatic N) is 1. The van der Waals surface area contributed by atoms with Gasteiger partial charge in [-0.05, 0) is 57.8 Å². The van der Waals surface area contributed by atoms with Gasteiger partial charge in [-0.2, -0.15) is 0 Å². The minimum atomic E-state index is -0.00450. The van der Waals surface area contributed by atoms with Crippen LogP contribution in [0, 0.1) is 12.8 Å². The molecule has 0 radical (unpaired) electrons. The molecule has 26 heavy (non-hydrogen) atoms. The van der Waals surface area contributed by atoms with E-state index in [2.05, 4.69) is 15.5 Å². The lowest BCUT2D eigenvalue weighted by Gasteiger charge is -2.30. The third kappa shape index (κ3) is 5.54. The number of likely N-dealkylation sites (tertiary alicyclic amines) is 1. The number of carbonyl (C=O) groups excluding carboxylic acids is 2. The smallest absolute Gasteiger partial charge is 0.238 e. The van der Waals surface area contributed by atoms with Crippen molar-refractivity contribution in [3.63, 3.8) is 0 Å². The van der Waals surface area contributed by atoms with Gasteiger partial charge in [-0.15, -0.1) is 0 Å². The van der Waals surface area contributed by atoms with Crippen molar-refractivity contribution in [1.29, 1.82) is 0 Å². The first-order chi connectivity index (χ1) is 12.6. The molecule has 1 aromatic carbocycles. The maximum Gasteiger partial charge on any atom is 0.238 e. The summed E-state index contributed by atoms with van der Waals surface area (Å²) < 4.78 is 5.54. The Kier molecular flexibility index (Phi) is 6.63. The number of hydrogen-bond donors (Lipinski definition) is 2. The van der Waals surface area contributed by atoms with E-state index in [1.54, 1.807) is 0 Å². The highest BCUT2D eigenvalue weighted by Crippen LogP contribution is 2.18. The topological polar surface area (TPSA) is 70.7 Å². The maximum absolute atomic E-state index is 12.3. The van der Waals surface area contributed by atoms with Crippen LogP contribution in [0.4, 0.5) is 5.69 Å². The van der Waals surface area contributed by atoms with Crippen LogP contribution in [0.15, 0.2) is 24.3 Å². The Morgan fingerprint density at radius 2 is 1.88 bits per heavy atom. The second-order valence-electron chi connectivity index (χ2n) is 7.34. The molecule has 3 rings (SSSR count). The van der Waals surface area contributed by atoms with Crippen LogP contribution < -0.4 is 10.6 Å². The molecule has 2 saturated heterocycles. The molecule has 0 aliphatic carbocycles. The van der Waals surface area contributed by atoms with Crippen molar-refractivity contribution < 1.29 is 14.3 Å². The van der Waals surface area contributed by atoms with Crippen molar-refractivity contribution in [1.82, 2.24) is 10.2 Å². The molecule has 2 N–H and O–H groups in total. The van der Waals surface area contributed by atoms with E-state index < -0.39 is 0 Å². The van der Waals surface area contributed by atoms with Crippen molar-refractivity contribution in [3.05, 3.63) is 29.8 Å². The normalized spacial score (nSPS) is 21.5. The largest absolute Gasteiger partial charge is 0.376 e. The molecule has 2 heterocycles. The summed E-state index contributed by atoms with van der Waals surface area (Å²) in [5.41, 5.74) is 1.99. The number of ether oxygens (including phenoxy) is 1. The molecule has 0 spiro atoms. The highest BCUT2D eigenvalue weighted by molar-refractivity contribution is 5.92. The first-order valence-corrected chi connectivity index (χ1v) is 9.58. The van der Waals surface area contributed by atoms with Gasteiger partial charge in [-0.25, -0.2) is 0 Å². The van der Waals surface area contributed by atoms with E-state index in [1.807, 2.05) is 31.2 Å². The lowest BCUT2D eigenvalue weighted by Crippen LogP contribution is -2.44. The summed E-state index contributed by atoms with van der Waals surface area (Å²) in [4.78, 5) is 26.6. The van der Waals surface area contributed by atoms with Crippen LogP contribution in [-0.4, -0.2) is 55.6 Å². The lowest BCUT2D eigenvalue weighted by molar-refractivity contribution is -0.127.